The Labute approximate surface area is 163 Å². The smallest absolute Gasteiger partial charge is 0.265 e. The summed E-state index contributed by atoms with van der Waals surface area (Å²) in [6.45, 7) is 2.59. The highest BCUT2D eigenvalue weighted by Crippen LogP contribution is 2.29. The molecule has 2 aliphatic rings. The molecule has 1 aliphatic heterocycles. The molecular weight excluding hydrogens is 363 g/mol. The molecule has 1 amide bonds. The third-order valence-corrected chi connectivity index (χ3v) is 6.51. The Morgan fingerprint density at radius 2 is 1.85 bits per heavy atom. The topological polar surface area (TPSA) is 41.6 Å². The Balaban J connectivity index is 1.46. The number of carbonyl (C=O) groups excluding carboxylic acids is 1. The van der Waals surface area contributed by atoms with Crippen molar-refractivity contribution in [3.8, 4) is 0 Å². The molecule has 2 heterocycles. The van der Waals surface area contributed by atoms with Crippen molar-refractivity contribution in [1.29, 1.82) is 0 Å². The lowest BCUT2D eigenvalue weighted by Gasteiger charge is -2.29. The fourth-order valence-electron chi connectivity index (χ4n) is 3.79. The summed E-state index contributed by atoms with van der Waals surface area (Å²) < 4.78 is 19.8. The third-order valence-electron chi connectivity index (χ3n) is 5.28. The van der Waals surface area contributed by atoms with Gasteiger partial charge in [0, 0.05) is 23.7 Å². The van der Waals surface area contributed by atoms with E-state index in [-0.39, 0.29) is 11.7 Å². The van der Waals surface area contributed by atoms with Crippen LogP contribution in [0.25, 0.3) is 0 Å². The Morgan fingerprint density at radius 1 is 1.07 bits per heavy atom. The number of nitrogens with one attached hydrogen (secondary N) is 1. The molecule has 0 bridgehead atoms. The quantitative estimate of drug-likeness (QED) is 0.833. The first-order chi connectivity index (χ1) is 13.2. The van der Waals surface area contributed by atoms with Crippen LogP contribution >= 0.6 is 11.3 Å². The lowest BCUT2D eigenvalue weighted by Crippen LogP contribution is -2.36. The van der Waals surface area contributed by atoms with Gasteiger partial charge in [0.1, 0.15) is 5.82 Å². The fraction of sp³-hybridized carbons (Fsp3) is 0.476. The molecule has 1 aromatic carbocycles. The number of carbonyl (C=O) groups is 1. The monoisotopic (exact) mass is 388 g/mol. The van der Waals surface area contributed by atoms with E-state index >= 15 is 0 Å². The van der Waals surface area contributed by atoms with E-state index in [0.29, 0.717) is 37.7 Å². The SMILES string of the molecule is O=C(Nc1ccc(N2CCOCC2)c(F)c1)c1cc2c(s1)CCCCCC2. The van der Waals surface area contributed by atoms with Crippen molar-refractivity contribution < 1.29 is 13.9 Å². The van der Waals surface area contributed by atoms with E-state index in [1.165, 1.54) is 42.2 Å². The van der Waals surface area contributed by atoms with Gasteiger partial charge in [0.25, 0.3) is 5.91 Å². The molecule has 1 aliphatic carbocycles. The maximum absolute atomic E-state index is 14.5. The molecule has 144 valence electrons. The number of anilines is 2. The van der Waals surface area contributed by atoms with Crippen molar-refractivity contribution in [2.75, 3.05) is 36.5 Å². The summed E-state index contributed by atoms with van der Waals surface area (Å²) in [5.41, 5.74) is 2.38. The summed E-state index contributed by atoms with van der Waals surface area (Å²) in [5.74, 6) is -0.460. The lowest BCUT2D eigenvalue weighted by molar-refractivity contribution is 0.103. The summed E-state index contributed by atoms with van der Waals surface area (Å²) >= 11 is 1.59. The number of amides is 1. The van der Waals surface area contributed by atoms with E-state index in [1.807, 2.05) is 11.0 Å². The zero-order valence-electron chi connectivity index (χ0n) is 15.4. The number of aryl methyl sites for hydroxylation is 2. The highest BCUT2D eigenvalue weighted by atomic mass is 32.1. The van der Waals surface area contributed by atoms with E-state index in [0.717, 1.165) is 17.7 Å². The molecule has 27 heavy (non-hydrogen) atoms. The number of benzene rings is 1. The Hall–Kier alpha value is -1.92. The Bertz CT molecular complexity index is 789. The van der Waals surface area contributed by atoms with Gasteiger partial charge in [-0.3, -0.25) is 4.79 Å². The van der Waals surface area contributed by atoms with Crippen LogP contribution in [-0.4, -0.2) is 32.2 Å². The molecule has 6 heteroatoms. The molecule has 1 saturated heterocycles. The van der Waals surface area contributed by atoms with E-state index in [1.54, 1.807) is 23.5 Å². The molecule has 1 aromatic heterocycles. The van der Waals surface area contributed by atoms with Gasteiger partial charge >= 0.3 is 0 Å². The number of fused-ring (bicyclic) bond motifs is 1. The summed E-state index contributed by atoms with van der Waals surface area (Å²) in [5, 5.41) is 2.86. The van der Waals surface area contributed by atoms with Crippen LogP contribution in [0.1, 0.15) is 45.8 Å². The molecule has 4 nitrogen and oxygen atoms in total. The highest BCUT2D eigenvalue weighted by molar-refractivity contribution is 7.14. The molecule has 2 aromatic rings. The molecule has 4 rings (SSSR count). The molecule has 0 saturated carbocycles. The molecule has 0 unspecified atom stereocenters. The van der Waals surface area contributed by atoms with Crippen LogP contribution in [0.3, 0.4) is 0 Å². The molecule has 1 N–H and O–H groups in total. The number of rotatable bonds is 3. The first-order valence-corrected chi connectivity index (χ1v) is 10.6. The van der Waals surface area contributed by atoms with Crippen LogP contribution in [0.5, 0.6) is 0 Å². The van der Waals surface area contributed by atoms with Gasteiger partial charge in [-0.05, 0) is 55.5 Å². The van der Waals surface area contributed by atoms with E-state index < -0.39 is 0 Å². The fourth-order valence-corrected chi connectivity index (χ4v) is 4.94. The Kier molecular flexibility index (Phi) is 5.74. The maximum Gasteiger partial charge on any atom is 0.265 e. The third kappa shape index (κ3) is 4.33. The summed E-state index contributed by atoms with van der Waals surface area (Å²) in [6, 6.07) is 6.95. The minimum atomic E-state index is -0.312. The second-order valence-electron chi connectivity index (χ2n) is 7.19. The van der Waals surface area contributed by atoms with Crippen molar-refractivity contribution in [3.63, 3.8) is 0 Å². The van der Waals surface area contributed by atoms with E-state index in [4.69, 9.17) is 4.74 Å². The van der Waals surface area contributed by atoms with Crippen LogP contribution in [0.4, 0.5) is 15.8 Å². The standard InChI is InChI=1S/C21H25FN2O2S/c22-17-14-16(7-8-18(17)24-9-11-26-12-10-24)23-21(25)20-13-15-5-3-1-2-4-6-19(15)27-20/h7-8,13-14H,1-6,9-12H2,(H,23,25). The number of thiophene rings is 1. The lowest BCUT2D eigenvalue weighted by atomic mass is 10.00. The number of hydrogen-bond acceptors (Lipinski definition) is 4. The molecule has 0 radical (unpaired) electrons. The van der Waals surface area contributed by atoms with Crippen molar-refractivity contribution in [2.45, 2.75) is 38.5 Å². The van der Waals surface area contributed by atoms with Crippen LogP contribution in [0.15, 0.2) is 24.3 Å². The molecule has 1 fully saturated rings. The molecule has 0 atom stereocenters. The average Bonchev–Trinajstić information content (AvgIpc) is 3.05. The number of ether oxygens (including phenoxy) is 1. The second-order valence-corrected chi connectivity index (χ2v) is 8.33. The van der Waals surface area contributed by atoms with E-state index in [2.05, 4.69) is 5.32 Å². The predicted octanol–water partition coefficient (Wildman–Crippen LogP) is 4.64. The van der Waals surface area contributed by atoms with Gasteiger partial charge in [-0.25, -0.2) is 4.39 Å². The van der Waals surface area contributed by atoms with Crippen molar-refractivity contribution >= 4 is 28.6 Å². The summed E-state index contributed by atoms with van der Waals surface area (Å²) in [6.07, 6.45) is 7.05. The van der Waals surface area contributed by atoms with Gasteiger partial charge in [0.2, 0.25) is 0 Å². The zero-order valence-corrected chi connectivity index (χ0v) is 16.2. The van der Waals surface area contributed by atoms with Gasteiger partial charge in [0.05, 0.1) is 23.8 Å². The van der Waals surface area contributed by atoms with Gasteiger partial charge in [-0.1, -0.05) is 12.8 Å². The predicted molar refractivity (Wildman–Crippen MR) is 108 cm³/mol. The number of halogens is 1. The minimum Gasteiger partial charge on any atom is -0.378 e. The van der Waals surface area contributed by atoms with Gasteiger partial charge in [-0.2, -0.15) is 0 Å². The molecule has 0 spiro atoms. The van der Waals surface area contributed by atoms with Gasteiger partial charge < -0.3 is 15.0 Å². The van der Waals surface area contributed by atoms with Crippen molar-refractivity contribution in [1.82, 2.24) is 0 Å². The maximum atomic E-state index is 14.5. The van der Waals surface area contributed by atoms with Gasteiger partial charge in [0.15, 0.2) is 0 Å². The normalized spacial score (nSPS) is 17.7. The number of hydrogen-bond donors (Lipinski definition) is 1. The van der Waals surface area contributed by atoms with Crippen molar-refractivity contribution in [2.24, 2.45) is 0 Å². The second kappa shape index (κ2) is 8.40. The summed E-state index contributed by atoms with van der Waals surface area (Å²) in [7, 11) is 0. The van der Waals surface area contributed by atoms with Crippen LogP contribution in [-0.2, 0) is 17.6 Å². The van der Waals surface area contributed by atoms with E-state index in [9.17, 15) is 9.18 Å². The number of nitrogens with zero attached hydrogens (tertiary/aromatic N) is 1. The van der Waals surface area contributed by atoms with Crippen molar-refractivity contribution in [3.05, 3.63) is 45.4 Å². The summed E-state index contributed by atoms with van der Waals surface area (Å²) in [4.78, 5) is 16.7. The number of morpholine rings is 1. The van der Waals surface area contributed by atoms with Crippen LogP contribution in [0.2, 0.25) is 0 Å². The largest absolute Gasteiger partial charge is 0.378 e. The average molecular weight is 389 g/mol. The van der Waals surface area contributed by atoms with Crippen LogP contribution < -0.4 is 10.2 Å². The zero-order chi connectivity index (χ0) is 18.6. The van der Waals surface area contributed by atoms with Gasteiger partial charge in [-0.15, -0.1) is 11.3 Å². The minimum absolute atomic E-state index is 0.148. The molecular formula is C21H25FN2O2S. The van der Waals surface area contributed by atoms with Crippen LogP contribution in [0, 0.1) is 5.82 Å². The Morgan fingerprint density at radius 3 is 2.63 bits per heavy atom. The first-order valence-electron chi connectivity index (χ1n) is 9.76. The first kappa shape index (κ1) is 18.4. The highest BCUT2D eigenvalue weighted by Gasteiger charge is 2.18.